The molecule has 19 heteroatoms. The van der Waals surface area contributed by atoms with Crippen LogP contribution in [0, 0.1) is 23.5 Å². The lowest BCUT2D eigenvalue weighted by molar-refractivity contribution is -0.136. The van der Waals surface area contributed by atoms with Crippen molar-refractivity contribution in [3.8, 4) is 0 Å². The number of nitrogens with zero attached hydrogens (tertiary/aromatic N) is 7. The van der Waals surface area contributed by atoms with E-state index in [2.05, 4.69) is 45.6 Å². The molecule has 4 amide bonds. The molecule has 5 aromatic rings. The van der Waals surface area contributed by atoms with Crippen LogP contribution in [0.15, 0.2) is 85.3 Å². The molecule has 0 spiro atoms. The Morgan fingerprint density at radius 1 is 0.785 bits per heavy atom. The SMILES string of the molecule is NC1(C(=O)N[C@@H](CCN2CCN(CC3CCN(C(=O)[C@H](NC(=O)c4cccc(C5CCCN(C(=O)CNCc6ccc(F)cc6F)C5)c4)C4CCCCC4)CC3)CC2)c2ccc(Cl)cc2)CCN(c2ncnc3[nH]ccc23)CC1. The van der Waals surface area contributed by atoms with Crippen LogP contribution in [0.5, 0.6) is 0 Å². The summed E-state index contributed by atoms with van der Waals surface area (Å²) in [4.78, 5) is 79.1. The number of anilines is 1. The van der Waals surface area contributed by atoms with Gasteiger partial charge in [-0.05, 0) is 117 Å². The number of rotatable bonds is 18. The van der Waals surface area contributed by atoms with Gasteiger partial charge in [0, 0.05) is 119 Å². The molecule has 1 unspecified atom stereocenters. The van der Waals surface area contributed by atoms with Gasteiger partial charge in [0.1, 0.15) is 35.5 Å². The van der Waals surface area contributed by atoms with Gasteiger partial charge in [-0.2, -0.15) is 0 Å². The summed E-state index contributed by atoms with van der Waals surface area (Å²) >= 11 is 6.31. The fourth-order valence-corrected chi connectivity index (χ4v) is 12.9. The van der Waals surface area contributed by atoms with E-state index in [1.807, 2.05) is 64.5 Å². The summed E-state index contributed by atoms with van der Waals surface area (Å²) in [6.45, 7) is 9.41. The zero-order valence-corrected chi connectivity index (χ0v) is 46.1. The van der Waals surface area contributed by atoms with E-state index in [1.54, 1.807) is 12.4 Å². The highest BCUT2D eigenvalue weighted by Crippen LogP contribution is 2.33. The lowest BCUT2D eigenvalue weighted by Crippen LogP contribution is -2.60. The van der Waals surface area contributed by atoms with E-state index in [0.29, 0.717) is 74.2 Å². The van der Waals surface area contributed by atoms with Crippen LogP contribution in [0.1, 0.15) is 116 Å². The molecule has 1 aliphatic carbocycles. The van der Waals surface area contributed by atoms with Crippen molar-refractivity contribution in [1.82, 2.24) is 50.5 Å². The summed E-state index contributed by atoms with van der Waals surface area (Å²) in [5, 5.41) is 11.2. The van der Waals surface area contributed by atoms with E-state index >= 15 is 0 Å². The highest BCUT2D eigenvalue weighted by atomic mass is 35.5. The first kappa shape index (κ1) is 56.2. The van der Waals surface area contributed by atoms with Crippen molar-refractivity contribution >= 4 is 52.1 Å². The first-order valence-corrected chi connectivity index (χ1v) is 29.2. The van der Waals surface area contributed by atoms with Crippen LogP contribution >= 0.6 is 11.6 Å². The number of hydrogen-bond acceptors (Lipinski definition) is 11. The third-order valence-electron chi connectivity index (χ3n) is 17.6. The van der Waals surface area contributed by atoms with E-state index in [4.69, 9.17) is 17.3 Å². The van der Waals surface area contributed by atoms with Crippen molar-refractivity contribution in [3.05, 3.63) is 124 Å². The van der Waals surface area contributed by atoms with Gasteiger partial charge in [-0.3, -0.25) is 19.2 Å². The predicted octanol–water partition coefficient (Wildman–Crippen LogP) is 7.17. The minimum atomic E-state index is -1.01. The molecule has 1 saturated carbocycles. The Labute approximate surface area is 467 Å². The maximum atomic E-state index is 14.5. The summed E-state index contributed by atoms with van der Waals surface area (Å²) < 4.78 is 27.5. The van der Waals surface area contributed by atoms with E-state index in [0.717, 1.165) is 138 Å². The maximum absolute atomic E-state index is 14.5. The topological polar surface area (TPSA) is 188 Å². The second-order valence-corrected chi connectivity index (χ2v) is 23.3. The molecule has 5 fully saturated rings. The van der Waals surface area contributed by atoms with Crippen molar-refractivity contribution in [3.63, 3.8) is 0 Å². The summed E-state index contributed by atoms with van der Waals surface area (Å²) in [7, 11) is 0. The lowest BCUT2D eigenvalue weighted by atomic mass is 9.82. The predicted molar refractivity (Wildman–Crippen MR) is 302 cm³/mol. The molecule has 5 aliphatic rings. The van der Waals surface area contributed by atoms with Gasteiger partial charge >= 0.3 is 0 Å². The standard InChI is InChI=1S/C60H77ClF2N12O4/c61-48-14-11-42(12-15-48)52(69-59(79)60(64)21-28-73(29-22-60)56-50-17-23-66-55(50)67-40-68-56)20-25-71-30-32-72(33-31-71)38-41-18-26-74(27-19-41)58(78)54(43-6-2-1-3-7-43)70-57(77)45-9-4-8-44(34-45)47-10-5-24-75(39-47)53(76)37-65-36-46-13-16-49(62)35-51(46)63/h4,8-9,11-17,23,34-35,40-41,43,47,52,54,65H,1-3,5-7,10,18-22,24-33,36-39,64H2,(H,69,79)(H,70,77)(H,66,67,68)/t47?,52-,54+/m0/s1. The number of nitrogens with two attached hydrogens (primary N) is 1. The summed E-state index contributed by atoms with van der Waals surface area (Å²) in [5.41, 5.74) is 9.47. The van der Waals surface area contributed by atoms with E-state index in [-0.39, 0.29) is 54.6 Å². The van der Waals surface area contributed by atoms with Gasteiger partial charge in [0.05, 0.1) is 23.5 Å². The summed E-state index contributed by atoms with van der Waals surface area (Å²) in [5.74, 6) is -0.297. The first-order valence-electron chi connectivity index (χ1n) is 28.8. The molecular weight excluding hydrogens is 1030 g/mol. The molecular formula is C60H77ClF2N12O4. The monoisotopic (exact) mass is 1100 g/mol. The number of benzene rings is 3. The number of nitrogens with one attached hydrogen (secondary N) is 4. The zero-order valence-electron chi connectivity index (χ0n) is 45.3. The largest absolute Gasteiger partial charge is 0.356 e. The number of carbonyl (C=O) groups is 4. The number of likely N-dealkylation sites (tertiary alicyclic amines) is 2. The normalized spacial score (nSPS) is 20.7. The Kier molecular flexibility index (Phi) is 18.5. The second-order valence-electron chi connectivity index (χ2n) is 22.9. The van der Waals surface area contributed by atoms with Crippen molar-refractivity contribution in [2.24, 2.45) is 17.6 Å². The van der Waals surface area contributed by atoms with Gasteiger partial charge in [-0.1, -0.05) is 61.2 Å². The van der Waals surface area contributed by atoms with Gasteiger partial charge in [0.25, 0.3) is 5.91 Å². The van der Waals surface area contributed by atoms with E-state index in [1.165, 1.54) is 12.1 Å². The van der Waals surface area contributed by atoms with Gasteiger partial charge < -0.3 is 51.2 Å². The highest BCUT2D eigenvalue weighted by Gasteiger charge is 2.40. The van der Waals surface area contributed by atoms with Crippen molar-refractivity contribution in [2.75, 3.05) is 90.0 Å². The molecule has 6 N–H and O–H groups in total. The van der Waals surface area contributed by atoms with Crippen LogP contribution in [0.4, 0.5) is 14.6 Å². The zero-order chi connectivity index (χ0) is 54.9. The van der Waals surface area contributed by atoms with Gasteiger partial charge in [-0.25, -0.2) is 18.7 Å². The van der Waals surface area contributed by atoms with E-state index in [9.17, 15) is 28.0 Å². The first-order chi connectivity index (χ1) is 38.4. The Morgan fingerprint density at radius 2 is 1.54 bits per heavy atom. The minimum Gasteiger partial charge on any atom is -0.356 e. The molecule has 79 heavy (non-hydrogen) atoms. The third-order valence-corrected chi connectivity index (χ3v) is 17.9. The summed E-state index contributed by atoms with van der Waals surface area (Å²) in [6.07, 6.45) is 13.7. The number of amides is 4. The number of fused-ring (bicyclic) bond motifs is 1. The average Bonchev–Trinajstić information content (AvgIpc) is 3.99. The Hall–Kier alpha value is -6.05. The third kappa shape index (κ3) is 14.1. The molecule has 4 saturated heterocycles. The number of aromatic nitrogens is 3. The molecule has 2 aromatic heterocycles. The highest BCUT2D eigenvalue weighted by molar-refractivity contribution is 6.30. The molecule has 422 valence electrons. The Balaban J connectivity index is 0.676. The second kappa shape index (κ2) is 26.0. The minimum absolute atomic E-state index is 0.0257. The maximum Gasteiger partial charge on any atom is 0.251 e. The van der Waals surface area contributed by atoms with Crippen LogP contribution in [0.25, 0.3) is 11.0 Å². The fourth-order valence-electron chi connectivity index (χ4n) is 12.7. The quantitative estimate of drug-likeness (QED) is 0.0599. The molecule has 10 rings (SSSR count). The Morgan fingerprint density at radius 3 is 2.30 bits per heavy atom. The fraction of sp³-hybridized carbons (Fsp3) is 0.533. The van der Waals surface area contributed by atoms with Gasteiger partial charge in [0.15, 0.2) is 0 Å². The average molecular weight is 1100 g/mol. The van der Waals surface area contributed by atoms with Crippen LogP contribution in [-0.4, -0.2) is 155 Å². The van der Waals surface area contributed by atoms with E-state index < -0.39 is 23.2 Å². The number of halogens is 3. The Bertz CT molecular complexity index is 2880. The van der Waals surface area contributed by atoms with Gasteiger partial charge in [0.2, 0.25) is 17.7 Å². The van der Waals surface area contributed by atoms with Crippen LogP contribution < -0.4 is 26.6 Å². The number of carbonyl (C=O) groups excluding carboxylic acids is 4. The summed E-state index contributed by atoms with van der Waals surface area (Å²) in [6, 6.07) is 19.9. The molecule has 6 heterocycles. The van der Waals surface area contributed by atoms with Crippen LogP contribution in [-0.2, 0) is 20.9 Å². The number of piperidine rings is 3. The molecule has 0 bridgehead atoms. The molecule has 4 aliphatic heterocycles. The van der Waals surface area contributed by atoms with Crippen molar-refractivity contribution in [2.45, 2.75) is 107 Å². The lowest BCUT2D eigenvalue weighted by Gasteiger charge is -2.41. The molecule has 16 nitrogen and oxygen atoms in total. The van der Waals surface area contributed by atoms with Gasteiger partial charge in [-0.15, -0.1) is 0 Å². The van der Waals surface area contributed by atoms with Crippen LogP contribution in [0.3, 0.4) is 0 Å². The number of aromatic amines is 1. The number of piperazine rings is 1. The number of H-pyrrole nitrogens is 1. The number of hydrogen-bond donors (Lipinski definition) is 5. The molecule has 3 aromatic carbocycles. The van der Waals surface area contributed by atoms with Crippen LogP contribution in [0.2, 0.25) is 5.02 Å². The van der Waals surface area contributed by atoms with Crippen molar-refractivity contribution < 1.29 is 28.0 Å². The smallest absolute Gasteiger partial charge is 0.251 e. The van der Waals surface area contributed by atoms with Crippen molar-refractivity contribution in [1.29, 1.82) is 0 Å². The molecule has 3 atom stereocenters. The molecule has 0 radical (unpaired) electrons.